The topological polar surface area (TPSA) is 64.8 Å². The number of carbonyl (C=O) groups is 1. The third-order valence-corrected chi connectivity index (χ3v) is 1.96. The van der Waals surface area contributed by atoms with Crippen molar-refractivity contribution in [2.45, 2.75) is 32.3 Å². The summed E-state index contributed by atoms with van der Waals surface area (Å²) in [5, 5.41) is 0. The van der Waals surface area contributed by atoms with E-state index >= 15 is 0 Å². The molecule has 0 bridgehead atoms. The lowest BCUT2D eigenvalue weighted by Crippen LogP contribution is -2.18. The molecule has 1 rings (SSSR count). The number of hydrogen-bond acceptors (Lipinski definition) is 3. The number of epoxide rings is 1. The van der Waals surface area contributed by atoms with Crippen LogP contribution in [0, 0.1) is 0 Å². The van der Waals surface area contributed by atoms with Crippen LogP contribution in [-0.2, 0) is 14.3 Å². The van der Waals surface area contributed by atoms with Crippen LogP contribution in [-0.4, -0.2) is 25.2 Å². The first-order chi connectivity index (χ1) is 6.74. The molecule has 0 spiro atoms. The minimum absolute atomic E-state index is 0.156. The van der Waals surface area contributed by atoms with Crippen LogP contribution in [0.2, 0.25) is 0 Å². The monoisotopic (exact) mass is 199 g/mol. The van der Waals surface area contributed by atoms with E-state index in [0.29, 0.717) is 6.61 Å². The molecule has 0 aromatic heterocycles. The number of carbonyl (C=O) groups excluding carboxylic acids is 1. The minimum atomic E-state index is -0.498. The van der Waals surface area contributed by atoms with Crippen molar-refractivity contribution in [1.29, 1.82) is 0 Å². The highest BCUT2D eigenvalue weighted by Crippen LogP contribution is 2.11. The van der Waals surface area contributed by atoms with E-state index in [1.165, 1.54) is 0 Å². The Balaban J connectivity index is 2.28. The summed E-state index contributed by atoms with van der Waals surface area (Å²) in [6, 6.07) is 0. The fourth-order valence-corrected chi connectivity index (χ4v) is 1.01. The predicted molar refractivity (Wildman–Crippen MR) is 52.5 cm³/mol. The van der Waals surface area contributed by atoms with Gasteiger partial charge in [-0.15, -0.1) is 0 Å². The number of rotatable bonds is 7. The zero-order valence-corrected chi connectivity index (χ0v) is 8.49. The van der Waals surface area contributed by atoms with Gasteiger partial charge in [-0.2, -0.15) is 0 Å². The van der Waals surface area contributed by atoms with Crippen LogP contribution in [0.15, 0.2) is 11.8 Å². The van der Waals surface area contributed by atoms with Gasteiger partial charge in [-0.3, -0.25) is 4.79 Å². The maximum absolute atomic E-state index is 10.9. The van der Waals surface area contributed by atoms with Gasteiger partial charge in [0.05, 0.1) is 6.61 Å². The summed E-state index contributed by atoms with van der Waals surface area (Å²) in [7, 11) is 0. The molecule has 2 N–H and O–H groups in total. The zero-order valence-electron chi connectivity index (χ0n) is 8.49. The lowest BCUT2D eigenvalue weighted by atomic mass is 10.2. The molecule has 0 radical (unpaired) electrons. The number of allylic oxidation sites excluding steroid dienone is 1. The van der Waals surface area contributed by atoms with Gasteiger partial charge < -0.3 is 15.2 Å². The molecule has 4 heteroatoms. The van der Waals surface area contributed by atoms with Crippen LogP contribution in [0.3, 0.4) is 0 Å². The Morgan fingerprint density at radius 1 is 1.71 bits per heavy atom. The van der Waals surface area contributed by atoms with Crippen molar-refractivity contribution in [3.8, 4) is 0 Å². The van der Waals surface area contributed by atoms with Crippen molar-refractivity contribution in [3.05, 3.63) is 11.8 Å². The molecule has 1 heterocycles. The van der Waals surface area contributed by atoms with E-state index in [2.05, 4.69) is 6.92 Å². The molecule has 0 saturated carbocycles. The first kappa shape index (κ1) is 11.0. The van der Waals surface area contributed by atoms with E-state index in [-0.39, 0.29) is 11.9 Å². The van der Waals surface area contributed by atoms with E-state index in [4.69, 9.17) is 15.2 Å². The molecule has 1 saturated heterocycles. The van der Waals surface area contributed by atoms with Gasteiger partial charge in [-0.25, -0.2) is 0 Å². The van der Waals surface area contributed by atoms with Crippen LogP contribution in [0.25, 0.3) is 0 Å². The maximum Gasteiger partial charge on any atom is 0.283 e. The van der Waals surface area contributed by atoms with Crippen molar-refractivity contribution >= 4 is 5.91 Å². The molecule has 14 heavy (non-hydrogen) atoms. The van der Waals surface area contributed by atoms with Crippen LogP contribution < -0.4 is 5.73 Å². The first-order valence-corrected chi connectivity index (χ1v) is 4.98. The van der Waals surface area contributed by atoms with E-state index < -0.39 is 5.91 Å². The van der Waals surface area contributed by atoms with E-state index in [9.17, 15) is 4.79 Å². The summed E-state index contributed by atoms with van der Waals surface area (Å²) < 4.78 is 10.2. The average Bonchev–Trinajstić information content (AvgIpc) is 2.94. The standard InChI is InChI=1S/C10H17NO3/c1-2-3-4-5-9(10(11)12)14-7-8-6-13-8/h5,8H,2-4,6-7H2,1H3,(H2,11,12)/b9-5+. The number of nitrogens with two attached hydrogens (primary N) is 1. The highest BCUT2D eigenvalue weighted by molar-refractivity contribution is 5.89. The summed E-state index contributed by atoms with van der Waals surface area (Å²) in [6.07, 6.45) is 4.88. The van der Waals surface area contributed by atoms with Crippen LogP contribution >= 0.6 is 0 Å². The third kappa shape index (κ3) is 4.28. The molecule has 1 unspecified atom stereocenters. The number of ether oxygens (including phenoxy) is 2. The SMILES string of the molecule is CCCC/C=C(/OCC1CO1)C(N)=O. The lowest BCUT2D eigenvalue weighted by molar-refractivity contribution is -0.118. The van der Waals surface area contributed by atoms with Crippen LogP contribution in [0.1, 0.15) is 26.2 Å². The molecular formula is C10H17NO3. The molecule has 4 nitrogen and oxygen atoms in total. The molecular weight excluding hydrogens is 182 g/mol. The summed E-state index contributed by atoms with van der Waals surface area (Å²) in [4.78, 5) is 10.9. The van der Waals surface area contributed by atoms with Gasteiger partial charge in [0.1, 0.15) is 12.7 Å². The summed E-state index contributed by atoms with van der Waals surface area (Å²) in [6.45, 7) is 3.25. The smallest absolute Gasteiger partial charge is 0.283 e. The fourth-order valence-electron chi connectivity index (χ4n) is 1.01. The van der Waals surface area contributed by atoms with Gasteiger partial charge in [0.15, 0.2) is 5.76 Å². The average molecular weight is 199 g/mol. The van der Waals surface area contributed by atoms with Gasteiger partial charge in [-0.1, -0.05) is 13.3 Å². The van der Waals surface area contributed by atoms with Crippen molar-refractivity contribution < 1.29 is 14.3 Å². The summed E-state index contributed by atoms with van der Waals surface area (Å²) in [5.41, 5.74) is 5.15. The van der Waals surface area contributed by atoms with Gasteiger partial charge in [0.25, 0.3) is 5.91 Å². The Morgan fingerprint density at radius 2 is 2.43 bits per heavy atom. The highest BCUT2D eigenvalue weighted by atomic mass is 16.6. The van der Waals surface area contributed by atoms with Crippen molar-refractivity contribution in [1.82, 2.24) is 0 Å². The second-order valence-electron chi connectivity index (χ2n) is 3.34. The van der Waals surface area contributed by atoms with Crippen molar-refractivity contribution in [2.75, 3.05) is 13.2 Å². The molecule has 1 aliphatic rings. The van der Waals surface area contributed by atoms with Gasteiger partial charge in [0.2, 0.25) is 0 Å². The van der Waals surface area contributed by atoms with E-state index in [0.717, 1.165) is 25.9 Å². The Bertz CT molecular complexity index is 221. The molecule has 80 valence electrons. The normalized spacial score (nSPS) is 20.6. The Hall–Kier alpha value is -1.03. The summed E-state index contributed by atoms with van der Waals surface area (Å²) >= 11 is 0. The number of amides is 1. The van der Waals surface area contributed by atoms with Crippen LogP contribution in [0.5, 0.6) is 0 Å². The second-order valence-corrected chi connectivity index (χ2v) is 3.34. The molecule has 1 aliphatic heterocycles. The third-order valence-electron chi connectivity index (χ3n) is 1.96. The maximum atomic E-state index is 10.9. The van der Waals surface area contributed by atoms with E-state index in [1.54, 1.807) is 6.08 Å². The minimum Gasteiger partial charge on any atom is -0.485 e. The molecule has 1 amide bonds. The molecule has 0 aromatic carbocycles. The van der Waals surface area contributed by atoms with Crippen molar-refractivity contribution in [2.24, 2.45) is 5.73 Å². The Labute approximate surface area is 84.1 Å². The zero-order chi connectivity index (χ0) is 10.4. The predicted octanol–water partition coefficient (Wildman–Crippen LogP) is 0.961. The van der Waals surface area contributed by atoms with Crippen LogP contribution in [0.4, 0.5) is 0 Å². The second kappa shape index (κ2) is 5.65. The molecule has 1 fully saturated rings. The Kier molecular flexibility index (Phi) is 4.46. The highest BCUT2D eigenvalue weighted by Gasteiger charge is 2.24. The lowest BCUT2D eigenvalue weighted by Gasteiger charge is -2.05. The number of hydrogen-bond donors (Lipinski definition) is 1. The first-order valence-electron chi connectivity index (χ1n) is 4.98. The largest absolute Gasteiger partial charge is 0.485 e. The quantitative estimate of drug-likeness (QED) is 0.287. The van der Waals surface area contributed by atoms with Crippen molar-refractivity contribution in [3.63, 3.8) is 0 Å². The molecule has 0 aromatic rings. The Morgan fingerprint density at radius 3 is 2.93 bits per heavy atom. The molecule has 0 aliphatic carbocycles. The van der Waals surface area contributed by atoms with Gasteiger partial charge in [-0.05, 0) is 18.9 Å². The summed E-state index contributed by atoms with van der Waals surface area (Å²) in [5.74, 6) is -0.226. The number of primary amides is 1. The van der Waals surface area contributed by atoms with Gasteiger partial charge in [0, 0.05) is 0 Å². The molecule has 1 atom stereocenters. The van der Waals surface area contributed by atoms with Gasteiger partial charge >= 0.3 is 0 Å². The number of unbranched alkanes of at least 4 members (excludes halogenated alkanes) is 2. The fraction of sp³-hybridized carbons (Fsp3) is 0.700. The van der Waals surface area contributed by atoms with E-state index in [1.807, 2.05) is 0 Å².